The van der Waals surface area contributed by atoms with Gasteiger partial charge < -0.3 is 10.0 Å². The van der Waals surface area contributed by atoms with Crippen molar-refractivity contribution in [3.05, 3.63) is 24.0 Å². The van der Waals surface area contributed by atoms with E-state index in [1.165, 1.54) is 18.4 Å². The van der Waals surface area contributed by atoms with Crippen molar-refractivity contribution in [2.24, 2.45) is 5.92 Å². The zero-order chi connectivity index (χ0) is 14.4. The molecule has 2 atom stereocenters. The number of fused-ring (bicyclic) bond motifs is 2. The second-order valence-electron chi connectivity index (χ2n) is 6.66. The van der Waals surface area contributed by atoms with Gasteiger partial charge in [0.1, 0.15) is 12.1 Å². The summed E-state index contributed by atoms with van der Waals surface area (Å²) in [5, 5.41) is 15.2. The highest BCUT2D eigenvalue weighted by Crippen LogP contribution is 2.40. The van der Waals surface area contributed by atoms with Crippen molar-refractivity contribution < 1.29 is 5.11 Å². The Morgan fingerprint density at radius 2 is 2.19 bits per heavy atom. The topological polar surface area (TPSA) is 53.7 Å². The van der Waals surface area contributed by atoms with E-state index in [1.54, 1.807) is 6.33 Å². The van der Waals surface area contributed by atoms with Crippen molar-refractivity contribution in [1.82, 2.24) is 14.6 Å². The molecule has 3 heterocycles. The molecule has 0 spiro atoms. The van der Waals surface area contributed by atoms with Crippen LogP contribution in [0.15, 0.2) is 18.5 Å². The van der Waals surface area contributed by atoms with Gasteiger partial charge in [-0.25, -0.2) is 4.98 Å². The third-order valence-electron chi connectivity index (χ3n) is 5.26. The molecule has 2 aliphatic rings. The summed E-state index contributed by atoms with van der Waals surface area (Å²) < 4.78 is 1.92. The summed E-state index contributed by atoms with van der Waals surface area (Å²) >= 11 is 0. The van der Waals surface area contributed by atoms with E-state index >= 15 is 0 Å². The number of aliphatic hydroxyl groups is 1. The van der Waals surface area contributed by atoms with E-state index in [0.29, 0.717) is 5.92 Å². The molecule has 0 aromatic carbocycles. The van der Waals surface area contributed by atoms with Crippen LogP contribution < -0.4 is 4.90 Å². The Kier molecular flexibility index (Phi) is 2.92. The van der Waals surface area contributed by atoms with Gasteiger partial charge >= 0.3 is 0 Å². The van der Waals surface area contributed by atoms with Crippen molar-refractivity contribution in [2.75, 3.05) is 18.0 Å². The summed E-state index contributed by atoms with van der Waals surface area (Å²) in [6, 6.07) is 4.23. The third kappa shape index (κ3) is 2.11. The fraction of sp³-hybridized carbons (Fsp3) is 0.625. The molecule has 2 unspecified atom stereocenters. The third-order valence-corrected chi connectivity index (χ3v) is 5.26. The summed E-state index contributed by atoms with van der Waals surface area (Å²) in [7, 11) is 0. The van der Waals surface area contributed by atoms with Crippen molar-refractivity contribution in [1.29, 1.82) is 0 Å². The summed E-state index contributed by atoms with van der Waals surface area (Å²) in [5.74, 6) is 1.49. The fourth-order valence-electron chi connectivity index (χ4n) is 4.04. The Bertz CT molecular complexity index is 667. The Hall–Kier alpha value is -1.62. The van der Waals surface area contributed by atoms with E-state index in [1.807, 2.05) is 4.52 Å². The number of pyridine rings is 1. The molecule has 1 aliphatic carbocycles. The molecule has 1 N–H and O–H groups in total. The van der Waals surface area contributed by atoms with E-state index in [4.69, 9.17) is 0 Å². The Labute approximate surface area is 124 Å². The van der Waals surface area contributed by atoms with E-state index in [9.17, 15) is 5.11 Å². The number of rotatable bonds is 1. The quantitative estimate of drug-likeness (QED) is 0.873. The van der Waals surface area contributed by atoms with Crippen molar-refractivity contribution in [3.8, 4) is 0 Å². The van der Waals surface area contributed by atoms with Crippen LogP contribution in [0.3, 0.4) is 0 Å². The number of piperidine rings is 1. The van der Waals surface area contributed by atoms with Crippen LogP contribution in [-0.4, -0.2) is 38.4 Å². The monoisotopic (exact) mass is 286 g/mol. The molecule has 5 nitrogen and oxygen atoms in total. The molecule has 112 valence electrons. The summed E-state index contributed by atoms with van der Waals surface area (Å²) in [4.78, 5) is 6.68. The molecule has 1 saturated heterocycles. The minimum absolute atomic E-state index is 0.388. The molecule has 5 heteroatoms. The van der Waals surface area contributed by atoms with Crippen LogP contribution in [0.1, 0.15) is 37.7 Å². The maximum Gasteiger partial charge on any atom is 0.157 e. The first-order valence-electron chi connectivity index (χ1n) is 7.93. The van der Waals surface area contributed by atoms with Gasteiger partial charge in [0, 0.05) is 19.0 Å². The van der Waals surface area contributed by atoms with Gasteiger partial charge in [0.05, 0.1) is 5.60 Å². The number of nitrogens with zero attached hydrogens (tertiary/aromatic N) is 4. The van der Waals surface area contributed by atoms with Gasteiger partial charge in [-0.05, 0) is 43.9 Å². The van der Waals surface area contributed by atoms with Crippen LogP contribution in [0.25, 0.3) is 5.65 Å². The molecule has 2 aromatic heterocycles. The van der Waals surface area contributed by atoms with E-state index in [-0.39, 0.29) is 0 Å². The molecule has 1 saturated carbocycles. The lowest BCUT2D eigenvalue weighted by Gasteiger charge is -2.48. The predicted molar refractivity (Wildman–Crippen MR) is 81.5 cm³/mol. The number of aromatic nitrogens is 3. The van der Waals surface area contributed by atoms with Crippen LogP contribution in [-0.2, 0) is 0 Å². The molecule has 2 fully saturated rings. The normalized spacial score (nSPS) is 29.6. The number of aryl methyl sites for hydroxylation is 1. The SMILES string of the molecule is Cc1cc(N2CCC3(O)CCCCC3C2)n2ncnc2c1. The van der Waals surface area contributed by atoms with Gasteiger partial charge in [-0.15, -0.1) is 0 Å². The smallest absolute Gasteiger partial charge is 0.157 e. The zero-order valence-corrected chi connectivity index (χ0v) is 12.5. The highest BCUT2D eigenvalue weighted by atomic mass is 16.3. The van der Waals surface area contributed by atoms with Gasteiger partial charge in [-0.1, -0.05) is 12.8 Å². The standard InChI is InChI=1S/C16H22N4O/c1-12-8-14-17-11-18-20(14)15(9-12)19-7-6-16(21)5-3-2-4-13(16)10-19/h8-9,11,13,21H,2-7,10H2,1H3. The van der Waals surface area contributed by atoms with Gasteiger partial charge in [-0.2, -0.15) is 9.61 Å². The fourth-order valence-corrected chi connectivity index (χ4v) is 4.04. The first-order valence-corrected chi connectivity index (χ1v) is 7.93. The minimum Gasteiger partial charge on any atom is -0.389 e. The van der Waals surface area contributed by atoms with Crippen LogP contribution in [0.2, 0.25) is 0 Å². The largest absolute Gasteiger partial charge is 0.389 e. The Morgan fingerprint density at radius 1 is 1.29 bits per heavy atom. The molecule has 4 rings (SSSR count). The maximum absolute atomic E-state index is 10.8. The molecular weight excluding hydrogens is 264 g/mol. The Morgan fingerprint density at radius 3 is 3.10 bits per heavy atom. The molecule has 0 amide bonds. The van der Waals surface area contributed by atoms with E-state index < -0.39 is 5.60 Å². The Balaban J connectivity index is 1.68. The lowest BCUT2D eigenvalue weighted by atomic mass is 9.71. The number of anilines is 1. The molecular formula is C16H22N4O. The molecule has 1 aliphatic heterocycles. The summed E-state index contributed by atoms with van der Waals surface area (Å²) in [6.45, 7) is 3.92. The second-order valence-corrected chi connectivity index (χ2v) is 6.66. The summed E-state index contributed by atoms with van der Waals surface area (Å²) in [6.07, 6.45) is 7.00. The lowest BCUT2D eigenvalue weighted by molar-refractivity contribution is -0.0614. The average molecular weight is 286 g/mol. The molecule has 0 radical (unpaired) electrons. The van der Waals surface area contributed by atoms with Gasteiger partial charge in [-0.3, -0.25) is 0 Å². The zero-order valence-electron chi connectivity index (χ0n) is 12.5. The second kappa shape index (κ2) is 4.70. The van der Waals surface area contributed by atoms with Crippen molar-refractivity contribution >= 4 is 11.5 Å². The van der Waals surface area contributed by atoms with Crippen LogP contribution in [0, 0.1) is 12.8 Å². The minimum atomic E-state index is -0.430. The van der Waals surface area contributed by atoms with Crippen molar-refractivity contribution in [3.63, 3.8) is 0 Å². The first-order chi connectivity index (χ1) is 10.2. The maximum atomic E-state index is 10.8. The van der Waals surface area contributed by atoms with Crippen LogP contribution >= 0.6 is 0 Å². The molecule has 21 heavy (non-hydrogen) atoms. The van der Waals surface area contributed by atoms with E-state index in [2.05, 4.69) is 34.0 Å². The van der Waals surface area contributed by atoms with Gasteiger partial charge in [0.25, 0.3) is 0 Å². The van der Waals surface area contributed by atoms with Crippen LogP contribution in [0.4, 0.5) is 5.82 Å². The molecule has 2 aromatic rings. The highest BCUT2D eigenvalue weighted by molar-refractivity contribution is 5.53. The van der Waals surface area contributed by atoms with Gasteiger partial charge in [0.15, 0.2) is 5.65 Å². The van der Waals surface area contributed by atoms with Crippen LogP contribution in [0.5, 0.6) is 0 Å². The first kappa shape index (κ1) is 13.1. The highest BCUT2D eigenvalue weighted by Gasteiger charge is 2.43. The number of hydrogen-bond donors (Lipinski definition) is 1. The summed E-state index contributed by atoms with van der Waals surface area (Å²) in [5.41, 5.74) is 1.67. The lowest BCUT2D eigenvalue weighted by Crippen LogP contribution is -2.53. The van der Waals surface area contributed by atoms with E-state index in [0.717, 1.165) is 43.8 Å². The van der Waals surface area contributed by atoms with Crippen molar-refractivity contribution in [2.45, 2.75) is 44.6 Å². The number of hydrogen-bond acceptors (Lipinski definition) is 4. The van der Waals surface area contributed by atoms with Gasteiger partial charge in [0.2, 0.25) is 0 Å². The predicted octanol–water partition coefficient (Wildman–Crippen LogP) is 2.17. The molecule has 0 bridgehead atoms. The average Bonchev–Trinajstić information content (AvgIpc) is 2.93.